The monoisotopic (exact) mass is 554 g/mol. The Labute approximate surface area is 225 Å². The number of aromatic nitrogens is 3. The summed E-state index contributed by atoms with van der Waals surface area (Å²) in [4.78, 5) is 29.9. The number of carbonyl (C=O) groups excluding carboxylic acids is 2. The molecule has 2 aromatic carbocycles. The predicted molar refractivity (Wildman–Crippen MR) is 139 cm³/mol. The Kier molecular flexibility index (Phi) is 7.11. The number of hydrogen-bond donors (Lipinski definition) is 2. The lowest BCUT2D eigenvalue weighted by molar-refractivity contribution is -0.137. The van der Waals surface area contributed by atoms with Gasteiger partial charge in [-0.05, 0) is 36.4 Å². The number of urea groups is 1. The number of nitrogens with zero attached hydrogens (tertiary/aromatic N) is 4. The van der Waals surface area contributed by atoms with Crippen LogP contribution in [0.25, 0.3) is 11.3 Å². The second-order valence-electron chi connectivity index (χ2n) is 9.08. The number of ketones is 1. The van der Waals surface area contributed by atoms with Gasteiger partial charge in [-0.15, -0.1) is 0 Å². The molecule has 0 saturated carbocycles. The fraction of sp³-hybridized carbons (Fsp3) is 0.185. The molecule has 0 spiro atoms. The van der Waals surface area contributed by atoms with Crippen molar-refractivity contribution in [1.29, 1.82) is 0 Å². The Bertz CT molecular complexity index is 1590. The van der Waals surface area contributed by atoms with Crippen molar-refractivity contribution in [3.63, 3.8) is 0 Å². The molecule has 0 unspecified atom stereocenters. The van der Waals surface area contributed by atoms with E-state index in [1.165, 1.54) is 29.3 Å². The Balaban J connectivity index is 1.28. The molecule has 2 N–H and O–H groups in total. The molecule has 3 heterocycles. The minimum absolute atomic E-state index is 0.0170. The molecule has 9 nitrogen and oxygen atoms in total. The number of anilines is 3. The molecule has 4 aromatic rings. The normalized spacial score (nSPS) is 13.4. The van der Waals surface area contributed by atoms with Crippen LogP contribution in [0.4, 0.5) is 39.4 Å². The number of halogens is 4. The van der Waals surface area contributed by atoms with Crippen molar-refractivity contribution in [2.24, 2.45) is 7.05 Å². The van der Waals surface area contributed by atoms with Gasteiger partial charge in [0, 0.05) is 61.5 Å². The first kappa shape index (κ1) is 26.7. The third kappa shape index (κ3) is 6.20. The molecule has 0 aliphatic carbocycles. The lowest BCUT2D eigenvalue weighted by Gasteiger charge is -2.20. The number of hydrogen-bond acceptors (Lipinski definition) is 6. The maximum absolute atomic E-state index is 14.8. The maximum Gasteiger partial charge on any atom is 0.416 e. The van der Waals surface area contributed by atoms with Gasteiger partial charge in [0.1, 0.15) is 17.3 Å². The number of nitrogens with one attached hydrogen (secondary N) is 2. The zero-order valence-corrected chi connectivity index (χ0v) is 21.0. The summed E-state index contributed by atoms with van der Waals surface area (Å²) in [5.41, 5.74) is 0.153. The highest BCUT2D eigenvalue weighted by Gasteiger charge is 2.32. The van der Waals surface area contributed by atoms with Crippen molar-refractivity contribution >= 4 is 28.9 Å². The number of benzene rings is 2. The van der Waals surface area contributed by atoms with Gasteiger partial charge in [-0.3, -0.25) is 14.5 Å². The minimum Gasteiger partial charge on any atom is -0.457 e. The zero-order chi connectivity index (χ0) is 28.4. The molecule has 1 fully saturated rings. The van der Waals surface area contributed by atoms with Crippen molar-refractivity contribution < 1.29 is 31.9 Å². The van der Waals surface area contributed by atoms with Gasteiger partial charge in [-0.25, -0.2) is 9.18 Å². The van der Waals surface area contributed by atoms with Crippen LogP contribution in [0.2, 0.25) is 0 Å². The van der Waals surface area contributed by atoms with Gasteiger partial charge >= 0.3 is 12.2 Å². The fourth-order valence-electron chi connectivity index (χ4n) is 4.15. The van der Waals surface area contributed by atoms with Crippen LogP contribution in [0.5, 0.6) is 11.5 Å². The van der Waals surface area contributed by atoms with Gasteiger partial charge in [0.25, 0.3) is 0 Å². The van der Waals surface area contributed by atoms with Crippen molar-refractivity contribution in [2.75, 3.05) is 28.6 Å². The van der Waals surface area contributed by atoms with Gasteiger partial charge in [0.15, 0.2) is 5.78 Å². The molecule has 2 amide bonds. The number of amides is 2. The summed E-state index contributed by atoms with van der Waals surface area (Å²) in [6.45, 7) is 0.256. The van der Waals surface area contributed by atoms with E-state index in [2.05, 4.69) is 20.7 Å². The topological polar surface area (TPSA) is 101 Å². The lowest BCUT2D eigenvalue weighted by atomic mass is 10.1. The Morgan fingerprint density at radius 2 is 1.85 bits per heavy atom. The fourth-order valence-corrected chi connectivity index (χ4v) is 4.15. The van der Waals surface area contributed by atoms with E-state index >= 15 is 0 Å². The molecule has 40 heavy (non-hydrogen) atoms. The largest absolute Gasteiger partial charge is 0.457 e. The van der Waals surface area contributed by atoms with Crippen LogP contribution >= 0.6 is 0 Å². The van der Waals surface area contributed by atoms with E-state index in [4.69, 9.17) is 4.74 Å². The number of rotatable bonds is 6. The van der Waals surface area contributed by atoms with Crippen LogP contribution in [-0.4, -0.2) is 39.7 Å². The molecular weight excluding hydrogens is 532 g/mol. The van der Waals surface area contributed by atoms with Crippen LogP contribution in [-0.2, 0) is 18.0 Å². The van der Waals surface area contributed by atoms with Crippen molar-refractivity contribution in [3.8, 4) is 22.8 Å². The second kappa shape index (κ2) is 10.7. The number of pyridine rings is 1. The van der Waals surface area contributed by atoms with Crippen LogP contribution < -0.4 is 20.3 Å². The van der Waals surface area contributed by atoms with E-state index < -0.39 is 23.6 Å². The molecule has 0 radical (unpaired) electrons. The van der Waals surface area contributed by atoms with Crippen molar-refractivity contribution in [3.05, 3.63) is 78.5 Å². The average Bonchev–Trinajstić information content (AvgIpc) is 3.53. The van der Waals surface area contributed by atoms with Gasteiger partial charge in [0.2, 0.25) is 0 Å². The molecule has 5 rings (SSSR count). The maximum atomic E-state index is 14.8. The second-order valence-corrected chi connectivity index (χ2v) is 9.08. The van der Waals surface area contributed by atoms with E-state index in [1.807, 2.05) is 0 Å². The number of Topliss-reactive ketones (excluding diaryl/α,β-unsaturated/α-hetero) is 1. The smallest absolute Gasteiger partial charge is 0.416 e. The van der Waals surface area contributed by atoms with Crippen molar-refractivity contribution in [2.45, 2.75) is 12.6 Å². The van der Waals surface area contributed by atoms with Gasteiger partial charge in [-0.2, -0.15) is 18.3 Å². The SMILES string of the molecule is Cn1cc(-c2cc(Oc3ccc(NC(=O)Nc4cc(N5CCC(=O)C5)cc(C(F)(F)F)c4)c(F)c3)ccn2)cn1. The van der Waals surface area contributed by atoms with E-state index in [0.717, 1.165) is 23.8 Å². The Morgan fingerprint density at radius 1 is 1.05 bits per heavy atom. The third-order valence-electron chi connectivity index (χ3n) is 6.05. The highest BCUT2D eigenvalue weighted by molar-refractivity contribution is 6.00. The first-order chi connectivity index (χ1) is 19.0. The van der Waals surface area contributed by atoms with Crippen LogP contribution in [0.1, 0.15) is 12.0 Å². The van der Waals surface area contributed by atoms with Gasteiger partial charge in [-0.1, -0.05) is 0 Å². The third-order valence-corrected chi connectivity index (χ3v) is 6.05. The summed E-state index contributed by atoms with van der Waals surface area (Å²) in [7, 11) is 1.77. The molecule has 1 saturated heterocycles. The molecule has 2 aromatic heterocycles. The number of ether oxygens (including phenoxy) is 1. The first-order valence-electron chi connectivity index (χ1n) is 12.0. The van der Waals surface area contributed by atoms with E-state index in [-0.39, 0.29) is 48.1 Å². The average molecular weight is 555 g/mol. The van der Waals surface area contributed by atoms with Crippen molar-refractivity contribution in [1.82, 2.24) is 14.8 Å². The number of aryl methyl sites for hydroxylation is 1. The summed E-state index contributed by atoms with van der Waals surface area (Å²) in [6, 6.07) is 9.07. The molecule has 206 valence electrons. The zero-order valence-electron chi connectivity index (χ0n) is 21.0. The van der Waals surface area contributed by atoms with Gasteiger partial charge in [0.05, 0.1) is 29.7 Å². The molecule has 1 aliphatic heterocycles. The quantitative estimate of drug-likeness (QED) is 0.290. The molecular formula is C27H22F4N6O3. The molecule has 0 atom stereocenters. The Hall–Kier alpha value is -4.94. The highest BCUT2D eigenvalue weighted by Crippen LogP contribution is 2.35. The predicted octanol–water partition coefficient (Wildman–Crippen LogP) is 5.86. The van der Waals surface area contributed by atoms with Crippen LogP contribution in [0.3, 0.4) is 0 Å². The highest BCUT2D eigenvalue weighted by atomic mass is 19.4. The summed E-state index contributed by atoms with van der Waals surface area (Å²) in [6.07, 6.45) is 0.512. The molecule has 1 aliphatic rings. The standard InChI is InChI=1S/C27H22F4N6O3/c1-36-14-16(13-33-36)25-12-22(4-6-32-25)40-21-2-3-24(23(28)11-21)35-26(39)34-18-8-17(27(29,30)31)9-19(10-18)37-7-5-20(38)15-37/h2-4,6,8-14H,5,7,15H2,1H3,(H2,34,35,39). The van der Waals surface area contributed by atoms with Gasteiger partial charge < -0.3 is 20.3 Å². The first-order valence-corrected chi connectivity index (χ1v) is 12.0. The number of alkyl halides is 3. The van der Waals surface area contributed by atoms with E-state index in [9.17, 15) is 27.2 Å². The van der Waals surface area contributed by atoms with Crippen LogP contribution in [0.15, 0.2) is 67.1 Å². The summed E-state index contributed by atoms with van der Waals surface area (Å²) in [5, 5.41) is 8.70. The molecule has 0 bridgehead atoms. The summed E-state index contributed by atoms with van der Waals surface area (Å²) >= 11 is 0. The van der Waals surface area contributed by atoms with E-state index in [0.29, 0.717) is 11.4 Å². The Morgan fingerprint density at radius 3 is 2.52 bits per heavy atom. The summed E-state index contributed by atoms with van der Waals surface area (Å²) < 4.78 is 62.6. The minimum atomic E-state index is -4.68. The lowest BCUT2D eigenvalue weighted by Crippen LogP contribution is -2.23. The van der Waals surface area contributed by atoms with Crippen LogP contribution in [0, 0.1) is 5.82 Å². The van der Waals surface area contributed by atoms with E-state index in [1.54, 1.807) is 36.3 Å². The molecule has 13 heteroatoms. The number of carbonyl (C=O) groups is 2. The summed E-state index contributed by atoms with van der Waals surface area (Å²) in [5.74, 6) is -0.374.